The van der Waals surface area contributed by atoms with Gasteiger partial charge in [-0.2, -0.15) is 0 Å². The van der Waals surface area contributed by atoms with Crippen LogP contribution in [-0.4, -0.2) is 23.5 Å². The number of hydrogen-bond donors (Lipinski definition) is 2. The van der Waals surface area contributed by atoms with Crippen molar-refractivity contribution in [2.45, 2.75) is 48.0 Å². The second kappa shape index (κ2) is 5.52. The molecule has 0 aliphatic heterocycles. The molecule has 0 radical (unpaired) electrons. The monoisotopic (exact) mass is 243 g/mol. The van der Waals surface area contributed by atoms with E-state index in [1.165, 1.54) is 0 Å². The summed E-state index contributed by atoms with van der Waals surface area (Å²) in [5, 5.41) is 11.6. The van der Waals surface area contributed by atoms with Gasteiger partial charge in [0.1, 0.15) is 5.92 Å². The molecular formula is C13H25NO3. The number of rotatable bonds is 5. The standard InChI is InChI=1S/C13H25NO3/c1-7-9(11(16)17)10(15)14-8-13(5,6)12(2,3)4/h9H,7-8H2,1-6H3,(H,14,15)(H,16,17). The van der Waals surface area contributed by atoms with Gasteiger partial charge < -0.3 is 10.4 Å². The summed E-state index contributed by atoms with van der Waals surface area (Å²) in [7, 11) is 0. The fourth-order valence-electron chi connectivity index (χ4n) is 1.17. The zero-order chi connectivity index (χ0) is 13.9. The van der Waals surface area contributed by atoms with Crippen LogP contribution in [0.4, 0.5) is 0 Å². The molecule has 1 amide bonds. The Kier molecular flexibility index (Phi) is 5.17. The average molecular weight is 243 g/mol. The largest absolute Gasteiger partial charge is 0.481 e. The number of carbonyl (C=O) groups is 2. The molecule has 4 nitrogen and oxygen atoms in total. The Hall–Kier alpha value is -1.06. The fourth-order valence-corrected chi connectivity index (χ4v) is 1.17. The molecule has 0 aliphatic carbocycles. The van der Waals surface area contributed by atoms with Gasteiger partial charge in [-0.25, -0.2) is 0 Å². The van der Waals surface area contributed by atoms with Crippen LogP contribution in [0.25, 0.3) is 0 Å². The molecule has 0 spiro atoms. The maximum atomic E-state index is 11.7. The van der Waals surface area contributed by atoms with Crippen molar-refractivity contribution in [2.24, 2.45) is 16.7 Å². The number of amides is 1. The van der Waals surface area contributed by atoms with Crippen molar-refractivity contribution in [3.8, 4) is 0 Å². The van der Waals surface area contributed by atoms with Crippen LogP contribution in [0.5, 0.6) is 0 Å². The zero-order valence-electron chi connectivity index (χ0n) is 11.8. The van der Waals surface area contributed by atoms with Gasteiger partial charge in [-0.3, -0.25) is 9.59 Å². The van der Waals surface area contributed by atoms with Gasteiger partial charge in [0.05, 0.1) is 0 Å². The fraction of sp³-hybridized carbons (Fsp3) is 0.846. The molecule has 1 atom stereocenters. The van der Waals surface area contributed by atoms with E-state index in [1.54, 1.807) is 6.92 Å². The molecule has 0 aliphatic rings. The second-order valence-electron chi connectivity index (χ2n) is 6.15. The summed E-state index contributed by atoms with van der Waals surface area (Å²) in [6.45, 7) is 12.6. The molecule has 0 fully saturated rings. The normalized spacial score (nSPS) is 14.2. The van der Waals surface area contributed by atoms with E-state index in [2.05, 4.69) is 39.9 Å². The summed E-state index contributed by atoms with van der Waals surface area (Å²) in [6, 6.07) is 0. The van der Waals surface area contributed by atoms with Crippen LogP contribution in [0.2, 0.25) is 0 Å². The number of carboxylic acid groups (broad SMARTS) is 1. The van der Waals surface area contributed by atoms with E-state index in [-0.39, 0.29) is 10.8 Å². The minimum Gasteiger partial charge on any atom is -0.481 e. The van der Waals surface area contributed by atoms with Crippen LogP contribution >= 0.6 is 0 Å². The number of nitrogens with one attached hydrogen (secondary N) is 1. The lowest BCUT2D eigenvalue weighted by molar-refractivity contribution is -0.147. The number of aliphatic carboxylic acids is 1. The second-order valence-corrected chi connectivity index (χ2v) is 6.15. The van der Waals surface area contributed by atoms with Gasteiger partial charge in [-0.15, -0.1) is 0 Å². The molecule has 0 rings (SSSR count). The maximum Gasteiger partial charge on any atom is 0.316 e. The van der Waals surface area contributed by atoms with E-state index < -0.39 is 17.8 Å². The van der Waals surface area contributed by atoms with Crippen molar-refractivity contribution in [3.05, 3.63) is 0 Å². The highest BCUT2D eigenvalue weighted by Crippen LogP contribution is 2.37. The third-order valence-electron chi connectivity index (χ3n) is 3.76. The van der Waals surface area contributed by atoms with Crippen LogP contribution < -0.4 is 5.32 Å². The number of carboxylic acids is 1. The lowest BCUT2D eigenvalue weighted by Crippen LogP contribution is -2.44. The Morgan fingerprint density at radius 3 is 1.94 bits per heavy atom. The summed E-state index contributed by atoms with van der Waals surface area (Å²) < 4.78 is 0. The van der Waals surface area contributed by atoms with Gasteiger partial charge in [0.25, 0.3) is 0 Å². The molecule has 0 saturated heterocycles. The average Bonchev–Trinajstić information content (AvgIpc) is 2.13. The van der Waals surface area contributed by atoms with Gasteiger partial charge in [-0.1, -0.05) is 41.5 Å². The first kappa shape index (κ1) is 15.9. The number of carbonyl (C=O) groups excluding carboxylic acids is 1. The third-order valence-corrected chi connectivity index (χ3v) is 3.76. The lowest BCUT2D eigenvalue weighted by Gasteiger charge is -2.39. The van der Waals surface area contributed by atoms with Crippen LogP contribution in [0, 0.1) is 16.7 Å². The summed E-state index contributed by atoms with van der Waals surface area (Å²) in [5.74, 6) is -2.39. The van der Waals surface area contributed by atoms with Crippen LogP contribution in [-0.2, 0) is 9.59 Å². The van der Waals surface area contributed by atoms with Gasteiger partial charge in [-0.05, 0) is 17.3 Å². The molecule has 0 aromatic heterocycles. The Morgan fingerprint density at radius 1 is 1.18 bits per heavy atom. The van der Waals surface area contributed by atoms with Crippen LogP contribution in [0.15, 0.2) is 0 Å². The SMILES string of the molecule is CCC(C(=O)O)C(=O)NCC(C)(C)C(C)(C)C. The molecular weight excluding hydrogens is 218 g/mol. The minimum atomic E-state index is -1.06. The summed E-state index contributed by atoms with van der Waals surface area (Å²) >= 11 is 0. The van der Waals surface area contributed by atoms with Crippen molar-refractivity contribution < 1.29 is 14.7 Å². The quantitative estimate of drug-likeness (QED) is 0.728. The Labute approximate surface area is 104 Å². The first-order valence-electron chi connectivity index (χ1n) is 6.03. The van der Waals surface area contributed by atoms with Crippen molar-refractivity contribution >= 4 is 11.9 Å². The summed E-state index contributed by atoms with van der Waals surface area (Å²) in [6.07, 6.45) is 0.317. The molecule has 0 saturated carbocycles. The summed E-state index contributed by atoms with van der Waals surface area (Å²) in [5.41, 5.74) is -0.0370. The van der Waals surface area contributed by atoms with Crippen molar-refractivity contribution in [3.63, 3.8) is 0 Å². The smallest absolute Gasteiger partial charge is 0.316 e. The van der Waals surface area contributed by atoms with E-state index >= 15 is 0 Å². The van der Waals surface area contributed by atoms with Gasteiger partial charge in [0, 0.05) is 6.54 Å². The Balaban J connectivity index is 4.49. The van der Waals surface area contributed by atoms with Gasteiger partial charge in [0.2, 0.25) is 5.91 Å². The van der Waals surface area contributed by atoms with Gasteiger partial charge >= 0.3 is 5.97 Å². The highest BCUT2D eigenvalue weighted by Gasteiger charge is 2.34. The molecule has 0 aromatic rings. The maximum absolute atomic E-state index is 11.7. The van der Waals surface area contributed by atoms with Crippen LogP contribution in [0.1, 0.15) is 48.0 Å². The lowest BCUT2D eigenvalue weighted by atomic mass is 9.69. The van der Waals surface area contributed by atoms with E-state index in [4.69, 9.17) is 5.11 Å². The molecule has 0 bridgehead atoms. The Morgan fingerprint density at radius 2 is 1.65 bits per heavy atom. The molecule has 100 valence electrons. The topological polar surface area (TPSA) is 66.4 Å². The summed E-state index contributed by atoms with van der Waals surface area (Å²) in [4.78, 5) is 22.5. The Bertz CT molecular complexity index is 290. The van der Waals surface area contributed by atoms with E-state index in [0.717, 1.165) is 0 Å². The van der Waals surface area contributed by atoms with Crippen molar-refractivity contribution in [1.82, 2.24) is 5.32 Å². The predicted molar refractivity (Wildman–Crippen MR) is 67.7 cm³/mol. The highest BCUT2D eigenvalue weighted by atomic mass is 16.4. The molecule has 0 heterocycles. The first-order valence-corrected chi connectivity index (χ1v) is 6.03. The van der Waals surface area contributed by atoms with Crippen molar-refractivity contribution in [1.29, 1.82) is 0 Å². The van der Waals surface area contributed by atoms with E-state index in [9.17, 15) is 9.59 Å². The predicted octanol–water partition coefficient (Wildman–Crippen LogP) is 2.29. The first-order chi connectivity index (χ1) is 7.53. The van der Waals surface area contributed by atoms with Crippen LogP contribution in [0.3, 0.4) is 0 Å². The van der Waals surface area contributed by atoms with Gasteiger partial charge in [0.15, 0.2) is 0 Å². The molecule has 0 aromatic carbocycles. The van der Waals surface area contributed by atoms with E-state index in [1.807, 2.05) is 0 Å². The zero-order valence-corrected chi connectivity index (χ0v) is 11.8. The molecule has 17 heavy (non-hydrogen) atoms. The minimum absolute atomic E-state index is 0.0468. The number of hydrogen-bond acceptors (Lipinski definition) is 2. The molecule has 1 unspecified atom stereocenters. The van der Waals surface area contributed by atoms with Crippen molar-refractivity contribution in [2.75, 3.05) is 6.54 Å². The molecule has 4 heteroatoms. The van der Waals surface area contributed by atoms with E-state index in [0.29, 0.717) is 13.0 Å². The third kappa shape index (κ3) is 4.36. The molecule has 2 N–H and O–H groups in total. The highest BCUT2D eigenvalue weighted by molar-refractivity contribution is 5.96.